The topological polar surface area (TPSA) is 68.7 Å². The molecule has 33 heavy (non-hydrogen) atoms. The smallest absolute Gasteiger partial charge is 0.253 e. The van der Waals surface area contributed by atoms with Gasteiger partial charge in [0.1, 0.15) is 5.78 Å². The van der Waals surface area contributed by atoms with Crippen LogP contribution in [-0.2, 0) is 16.6 Å². The number of benzene rings is 2. The largest absolute Gasteiger partial charge is 0.454 e. The van der Waals surface area contributed by atoms with Gasteiger partial charge in [0.25, 0.3) is 5.91 Å². The third kappa shape index (κ3) is 3.86. The van der Waals surface area contributed by atoms with Gasteiger partial charge in [0, 0.05) is 37.3 Å². The molecule has 5 rings (SSSR count). The second kappa shape index (κ2) is 8.03. The average Bonchev–Trinajstić information content (AvgIpc) is 3.50. The van der Waals surface area contributed by atoms with Crippen LogP contribution in [0.4, 0.5) is 0 Å². The summed E-state index contributed by atoms with van der Waals surface area (Å²) in [6.07, 6.45) is 1.95. The monoisotopic (exact) mass is 442 g/mol. The van der Waals surface area contributed by atoms with Crippen molar-refractivity contribution in [2.45, 2.75) is 31.6 Å². The summed E-state index contributed by atoms with van der Waals surface area (Å²) in [6.45, 7) is 2.22. The average molecular weight is 443 g/mol. The van der Waals surface area contributed by atoms with Crippen molar-refractivity contribution in [3.63, 3.8) is 0 Å². The maximum absolute atomic E-state index is 13.4. The van der Waals surface area contributed by atoms with E-state index in [-0.39, 0.29) is 24.9 Å². The predicted molar refractivity (Wildman–Crippen MR) is 125 cm³/mol. The van der Waals surface area contributed by atoms with Crippen LogP contribution < -0.4 is 9.47 Å². The van der Waals surface area contributed by atoms with Gasteiger partial charge in [-0.3, -0.25) is 14.6 Å². The summed E-state index contributed by atoms with van der Waals surface area (Å²) < 4.78 is 10.9. The number of fused-ring (bicyclic) bond motifs is 1. The first-order valence-electron chi connectivity index (χ1n) is 11.1. The fourth-order valence-corrected chi connectivity index (χ4v) is 4.37. The Morgan fingerprint density at radius 3 is 2.39 bits per heavy atom. The molecule has 1 aliphatic carbocycles. The summed E-state index contributed by atoms with van der Waals surface area (Å²) in [5.74, 6) is 1.57. The standard InChI is InChI=1S/C27H26N2O4/c1-17-4-10-21(28-25(17)18-5-7-19(8-6-18)26(31)29(2)3)15-24(30)27(12-13-27)20-9-11-22-23(14-20)33-16-32-22/h4-11,14H,12-13,15-16H2,1-3H3. The summed E-state index contributed by atoms with van der Waals surface area (Å²) in [5, 5.41) is 0. The van der Waals surface area contributed by atoms with E-state index in [0.29, 0.717) is 11.3 Å². The van der Waals surface area contributed by atoms with Crippen molar-refractivity contribution in [1.29, 1.82) is 0 Å². The zero-order valence-corrected chi connectivity index (χ0v) is 19.1. The third-order valence-corrected chi connectivity index (χ3v) is 6.52. The van der Waals surface area contributed by atoms with Crippen LogP contribution in [0.1, 0.15) is 40.0 Å². The highest BCUT2D eigenvalue weighted by molar-refractivity contribution is 5.95. The van der Waals surface area contributed by atoms with Gasteiger partial charge in [-0.05, 0) is 61.2 Å². The van der Waals surface area contributed by atoms with Crippen LogP contribution in [0.5, 0.6) is 11.5 Å². The van der Waals surface area contributed by atoms with Crippen LogP contribution in [0.3, 0.4) is 0 Å². The highest BCUT2D eigenvalue weighted by atomic mass is 16.7. The molecule has 0 unspecified atom stereocenters. The molecular formula is C27H26N2O4. The van der Waals surface area contributed by atoms with Crippen molar-refractivity contribution in [1.82, 2.24) is 9.88 Å². The molecule has 6 heteroatoms. The van der Waals surface area contributed by atoms with E-state index in [1.54, 1.807) is 19.0 Å². The van der Waals surface area contributed by atoms with E-state index in [1.807, 2.05) is 61.5 Å². The lowest BCUT2D eigenvalue weighted by Crippen LogP contribution is -2.23. The number of hydrogen-bond donors (Lipinski definition) is 0. The zero-order chi connectivity index (χ0) is 23.2. The molecule has 0 atom stereocenters. The van der Waals surface area contributed by atoms with Crippen LogP contribution in [0.25, 0.3) is 11.3 Å². The van der Waals surface area contributed by atoms with E-state index in [4.69, 9.17) is 14.5 Å². The number of pyridine rings is 1. The zero-order valence-electron chi connectivity index (χ0n) is 19.1. The summed E-state index contributed by atoms with van der Waals surface area (Å²) >= 11 is 0. The van der Waals surface area contributed by atoms with E-state index >= 15 is 0 Å². The van der Waals surface area contributed by atoms with Gasteiger partial charge >= 0.3 is 0 Å². The number of rotatable bonds is 6. The molecule has 0 bridgehead atoms. The van der Waals surface area contributed by atoms with E-state index < -0.39 is 5.41 Å². The minimum atomic E-state index is -0.456. The van der Waals surface area contributed by atoms with E-state index in [1.165, 1.54) is 0 Å². The number of hydrogen-bond acceptors (Lipinski definition) is 5. The summed E-state index contributed by atoms with van der Waals surface area (Å²) in [5.41, 5.74) is 4.70. The number of carbonyl (C=O) groups excluding carboxylic acids is 2. The first-order valence-corrected chi connectivity index (χ1v) is 11.1. The summed E-state index contributed by atoms with van der Waals surface area (Å²) in [4.78, 5) is 31.9. The lowest BCUT2D eigenvalue weighted by molar-refractivity contribution is -0.120. The second-order valence-corrected chi connectivity index (χ2v) is 9.00. The van der Waals surface area contributed by atoms with Gasteiger partial charge in [-0.15, -0.1) is 0 Å². The number of ketones is 1. The molecule has 0 saturated heterocycles. The second-order valence-electron chi connectivity index (χ2n) is 9.00. The number of ether oxygens (including phenoxy) is 2. The molecule has 0 N–H and O–H groups in total. The maximum atomic E-state index is 13.4. The molecule has 2 heterocycles. The van der Waals surface area contributed by atoms with Gasteiger partial charge in [-0.1, -0.05) is 24.3 Å². The Balaban J connectivity index is 1.37. The Kier molecular flexibility index (Phi) is 5.16. The summed E-state index contributed by atoms with van der Waals surface area (Å²) in [7, 11) is 3.47. The number of aromatic nitrogens is 1. The molecule has 0 radical (unpaired) electrons. The third-order valence-electron chi connectivity index (χ3n) is 6.52. The molecule has 3 aromatic rings. The minimum absolute atomic E-state index is 0.0381. The molecule has 2 aromatic carbocycles. The molecule has 1 amide bonds. The van der Waals surface area contributed by atoms with E-state index in [0.717, 1.165) is 46.7 Å². The van der Waals surface area contributed by atoms with Crippen LogP contribution in [-0.4, -0.2) is 42.5 Å². The van der Waals surface area contributed by atoms with Crippen molar-refractivity contribution in [3.8, 4) is 22.8 Å². The molecule has 2 aliphatic rings. The van der Waals surface area contributed by atoms with Crippen LogP contribution in [0.15, 0.2) is 54.6 Å². The fourth-order valence-electron chi connectivity index (χ4n) is 4.37. The first kappa shape index (κ1) is 21.2. The molecule has 1 fully saturated rings. The van der Waals surface area contributed by atoms with Crippen molar-refractivity contribution in [3.05, 3.63) is 77.0 Å². The molecule has 1 saturated carbocycles. The summed E-state index contributed by atoms with van der Waals surface area (Å²) in [6, 6.07) is 17.2. The number of nitrogens with zero attached hydrogens (tertiary/aromatic N) is 2. The van der Waals surface area contributed by atoms with E-state index in [2.05, 4.69) is 0 Å². The Morgan fingerprint density at radius 2 is 1.70 bits per heavy atom. The molecule has 1 aromatic heterocycles. The Bertz CT molecular complexity index is 1240. The highest BCUT2D eigenvalue weighted by Crippen LogP contribution is 2.51. The van der Waals surface area contributed by atoms with Gasteiger partial charge in [0.15, 0.2) is 11.5 Å². The number of aryl methyl sites for hydroxylation is 1. The van der Waals surface area contributed by atoms with Crippen LogP contribution in [0, 0.1) is 6.92 Å². The first-order chi connectivity index (χ1) is 15.9. The fraction of sp³-hybridized carbons (Fsp3) is 0.296. The Hall–Kier alpha value is -3.67. The van der Waals surface area contributed by atoms with Gasteiger partial charge in [-0.2, -0.15) is 0 Å². The van der Waals surface area contributed by atoms with Gasteiger partial charge in [0.05, 0.1) is 11.1 Å². The van der Waals surface area contributed by atoms with Crippen molar-refractivity contribution < 1.29 is 19.1 Å². The SMILES string of the molecule is Cc1ccc(CC(=O)C2(c3ccc4c(c3)OCO4)CC2)nc1-c1ccc(C(=O)N(C)C)cc1. The molecule has 6 nitrogen and oxygen atoms in total. The number of amides is 1. The van der Waals surface area contributed by atoms with Crippen molar-refractivity contribution in [2.24, 2.45) is 0 Å². The number of carbonyl (C=O) groups is 2. The molecule has 1 aliphatic heterocycles. The van der Waals surface area contributed by atoms with Crippen LogP contribution >= 0.6 is 0 Å². The Labute approximate surface area is 193 Å². The highest BCUT2D eigenvalue weighted by Gasteiger charge is 2.51. The lowest BCUT2D eigenvalue weighted by Gasteiger charge is -2.16. The van der Waals surface area contributed by atoms with Gasteiger partial charge in [-0.25, -0.2) is 0 Å². The molecule has 168 valence electrons. The molecular weight excluding hydrogens is 416 g/mol. The predicted octanol–water partition coefficient (Wildman–Crippen LogP) is 4.33. The van der Waals surface area contributed by atoms with Crippen LogP contribution in [0.2, 0.25) is 0 Å². The van der Waals surface area contributed by atoms with Gasteiger partial charge < -0.3 is 14.4 Å². The lowest BCUT2D eigenvalue weighted by atomic mass is 9.88. The quantitative estimate of drug-likeness (QED) is 0.568. The molecule has 0 spiro atoms. The maximum Gasteiger partial charge on any atom is 0.253 e. The van der Waals surface area contributed by atoms with Crippen molar-refractivity contribution in [2.75, 3.05) is 20.9 Å². The number of Topliss-reactive ketones (excluding diaryl/α,β-unsaturated/α-hetero) is 1. The Morgan fingerprint density at radius 1 is 0.970 bits per heavy atom. The minimum Gasteiger partial charge on any atom is -0.454 e. The van der Waals surface area contributed by atoms with Gasteiger partial charge in [0.2, 0.25) is 6.79 Å². The normalized spacial score (nSPS) is 15.2. The van der Waals surface area contributed by atoms with E-state index in [9.17, 15) is 9.59 Å². The van der Waals surface area contributed by atoms with Crippen molar-refractivity contribution >= 4 is 11.7 Å².